The van der Waals surface area contributed by atoms with Crippen molar-refractivity contribution in [3.05, 3.63) is 42.2 Å². The van der Waals surface area contributed by atoms with Crippen LogP contribution in [0, 0.1) is 5.92 Å². The van der Waals surface area contributed by atoms with Gasteiger partial charge in [0.1, 0.15) is 0 Å². The summed E-state index contributed by atoms with van der Waals surface area (Å²) >= 11 is 0. The van der Waals surface area contributed by atoms with Crippen molar-refractivity contribution in [1.29, 1.82) is 0 Å². The van der Waals surface area contributed by atoms with E-state index in [9.17, 15) is 4.79 Å². The molecular formula is C21H27N3O. The fourth-order valence-corrected chi connectivity index (χ4v) is 4.48. The van der Waals surface area contributed by atoms with Crippen LogP contribution in [0.25, 0.3) is 11.1 Å². The second kappa shape index (κ2) is 7.42. The minimum absolute atomic E-state index is 0.359. The van der Waals surface area contributed by atoms with Crippen LogP contribution in [0.15, 0.2) is 36.5 Å². The molecule has 1 saturated carbocycles. The normalized spacial score (nSPS) is 21.6. The van der Waals surface area contributed by atoms with Crippen LogP contribution in [0.3, 0.4) is 0 Å². The predicted molar refractivity (Wildman–Crippen MR) is 99.2 cm³/mol. The fourth-order valence-electron chi connectivity index (χ4n) is 4.48. The molecule has 0 unspecified atom stereocenters. The molecule has 4 nitrogen and oxygen atoms in total. The molecule has 1 aliphatic heterocycles. The molecular weight excluding hydrogens is 310 g/mol. The number of benzene rings is 1. The van der Waals surface area contributed by atoms with E-state index < -0.39 is 0 Å². The first-order chi connectivity index (χ1) is 12.3. The van der Waals surface area contributed by atoms with Crippen molar-refractivity contribution in [1.82, 2.24) is 15.1 Å². The largest absolute Gasteiger partial charge is 0.342 e. The van der Waals surface area contributed by atoms with E-state index in [1.54, 1.807) is 0 Å². The quantitative estimate of drug-likeness (QED) is 0.901. The number of nitrogens with one attached hydrogen (secondary N) is 1. The van der Waals surface area contributed by atoms with Crippen LogP contribution < -0.4 is 0 Å². The average molecular weight is 337 g/mol. The van der Waals surface area contributed by atoms with Crippen LogP contribution in [0.1, 0.15) is 56.6 Å². The molecule has 1 aromatic carbocycles. The van der Waals surface area contributed by atoms with Crippen molar-refractivity contribution < 1.29 is 4.79 Å². The maximum absolute atomic E-state index is 12.7. The summed E-state index contributed by atoms with van der Waals surface area (Å²) in [6, 6.07) is 10.4. The molecule has 132 valence electrons. The predicted octanol–water partition coefficient (Wildman–Crippen LogP) is 4.36. The van der Waals surface area contributed by atoms with Gasteiger partial charge in [-0.05, 0) is 37.2 Å². The number of hydrogen-bond acceptors (Lipinski definition) is 2. The maximum atomic E-state index is 12.7. The minimum Gasteiger partial charge on any atom is -0.342 e. The molecule has 0 spiro atoms. The number of carbonyl (C=O) groups excluding carboxylic acids is 1. The van der Waals surface area contributed by atoms with Gasteiger partial charge in [0.25, 0.3) is 0 Å². The van der Waals surface area contributed by atoms with Crippen LogP contribution in [0.5, 0.6) is 0 Å². The van der Waals surface area contributed by atoms with Gasteiger partial charge in [-0.2, -0.15) is 5.10 Å². The summed E-state index contributed by atoms with van der Waals surface area (Å²) in [5.74, 6) is 1.34. The van der Waals surface area contributed by atoms with Crippen LogP contribution in [0.2, 0.25) is 0 Å². The number of H-pyrrole nitrogens is 1. The second-order valence-corrected chi connectivity index (χ2v) is 7.60. The smallest absolute Gasteiger partial charge is 0.222 e. The summed E-state index contributed by atoms with van der Waals surface area (Å²) in [4.78, 5) is 14.8. The van der Waals surface area contributed by atoms with Gasteiger partial charge in [0.05, 0.1) is 6.20 Å². The number of amides is 1. The molecule has 1 saturated heterocycles. The van der Waals surface area contributed by atoms with Gasteiger partial charge < -0.3 is 4.90 Å². The molecule has 4 heteroatoms. The fraction of sp³-hybridized carbons (Fsp3) is 0.524. The highest BCUT2D eigenvalue weighted by Gasteiger charge is 2.29. The summed E-state index contributed by atoms with van der Waals surface area (Å²) < 4.78 is 0. The summed E-state index contributed by atoms with van der Waals surface area (Å²) in [6.07, 6.45) is 9.95. The number of rotatable bonds is 4. The minimum atomic E-state index is 0.359. The van der Waals surface area contributed by atoms with E-state index >= 15 is 0 Å². The number of hydrogen-bond donors (Lipinski definition) is 1. The Balaban J connectivity index is 1.47. The van der Waals surface area contributed by atoms with Crippen LogP contribution in [0.4, 0.5) is 0 Å². The van der Waals surface area contributed by atoms with E-state index in [4.69, 9.17) is 0 Å². The molecule has 1 aromatic heterocycles. The van der Waals surface area contributed by atoms with Gasteiger partial charge in [-0.25, -0.2) is 0 Å². The SMILES string of the molecule is O=C(CC1CCCC1)N1CCC[C@H](c2[nH]ncc2-c2ccccc2)C1. The number of likely N-dealkylation sites (tertiary alicyclic amines) is 1. The van der Waals surface area contributed by atoms with Gasteiger partial charge in [-0.15, -0.1) is 0 Å². The number of carbonyl (C=O) groups is 1. The van der Waals surface area contributed by atoms with E-state index in [0.717, 1.165) is 32.4 Å². The summed E-state index contributed by atoms with van der Waals surface area (Å²) in [7, 11) is 0. The molecule has 2 heterocycles. The summed E-state index contributed by atoms with van der Waals surface area (Å²) in [6.45, 7) is 1.74. The molecule has 1 amide bonds. The zero-order chi connectivity index (χ0) is 17.1. The van der Waals surface area contributed by atoms with Crippen molar-refractivity contribution in [2.24, 2.45) is 5.92 Å². The highest BCUT2D eigenvalue weighted by atomic mass is 16.2. The van der Waals surface area contributed by atoms with E-state index in [1.807, 2.05) is 12.3 Å². The summed E-state index contributed by atoms with van der Waals surface area (Å²) in [5, 5.41) is 7.52. The Kier molecular flexibility index (Phi) is 4.86. The molecule has 1 atom stereocenters. The van der Waals surface area contributed by atoms with Crippen molar-refractivity contribution in [3.63, 3.8) is 0 Å². The number of piperidine rings is 1. The standard InChI is InChI=1S/C21H27N3O/c25-20(13-16-7-4-5-8-16)24-12-6-11-18(15-24)21-19(14-22-23-21)17-9-2-1-3-10-17/h1-3,9-10,14,16,18H,4-8,11-13,15H2,(H,22,23)/t18-/m0/s1. The second-order valence-electron chi connectivity index (χ2n) is 7.60. The van der Waals surface area contributed by atoms with Gasteiger partial charge in [0.15, 0.2) is 0 Å². The van der Waals surface area contributed by atoms with Crippen LogP contribution >= 0.6 is 0 Å². The van der Waals surface area contributed by atoms with Gasteiger partial charge in [-0.3, -0.25) is 9.89 Å². The molecule has 2 fully saturated rings. The first-order valence-corrected chi connectivity index (χ1v) is 9.67. The molecule has 4 rings (SSSR count). The third-order valence-electron chi connectivity index (χ3n) is 5.87. The Labute approximate surface area is 149 Å². The van der Waals surface area contributed by atoms with E-state index in [-0.39, 0.29) is 0 Å². The van der Waals surface area contributed by atoms with Gasteiger partial charge in [0.2, 0.25) is 5.91 Å². The topological polar surface area (TPSA) is 49.0 Å². The lowest BCUT2D eigenvalue weighted by Crippen LogP contribution is -2.39. The van der Waals surface area contributed by atoms with E-state index in [1.165, 1.54) is 42.5 Å². The molecule has 2 aromatic rings. The van der Waals surface area contributed by atoms with E-state index in [0.29, 0.717) is 17.7 Å². The molecule has 1 aliphatic carbocycles. The van der Waals surface area contributed by atoms with Crippen molar-refractivity contribution in [2.75, 3.05) is 13.1 Å². The van der Waals surface area contributed by atoms with Crippen molar-refractivity contribution in [3.8, 4) is 11.1 Å². The lowest BCUT2D eigenvalue weighted by Gasteiger charge is -2.33. The highest BCUT2D eigenvalue weighted by Crippen LogP contribution is 2.34. The third-order valence-corrected chi connectivity index (χ3v) is 5.87. The Morgan fingerprint density at radius 3 is 2.72 bits per heavy atom. The van der Waals surface area contributed by atoms with Crippen LogP contribution in [-0.4, -0.2) is 34.1 Å². The molecule has 0 radical (unpaired) electrons. The Hall–Kier alpha value is -2.10. The average Bonchev–Trinajstić information content (AvgIpc) is 3.34. The number of aromatic amines is 1. The Morgan fingerprint density at radius 2 is 1.92 bits per heavy atom. The Bertz CT molecular complexity index is 703. The number of nitrogens with zero attached hydrogens (tertiary/aromatic N) is 2. The highest BCUT2D eigenvalue weighted by molar-refractivity contribution is 5.77. The molecule has 25 heavy (non-hydrogen) atoms. The number of aromatic nitrogens is 2. The van der Waals surface area contributed by atoms with Crippen molar-refractivity contribution >= 4 is 5.91 Å². The first-order valence-electron chi connectivity index (χ1n) is 9.67. The van der Waals surface area contributed by atoms with Gasteiger partial charge in [0, 0.05) is 36.7 Å². The zero-order valence-electron chi connectivity index (χ0n) is 14.8. The maximum Gasteiger partial charge on any atom is 0.222 e. The molecule has 2 aliphatic rings. The lowest BCUT2D eigenvalue weighted by molar-refractivity contribution is -0.133. The first kappa shape index (κ1) is 16.4. The lowest BCUT2D eigenvalue weighted by atomic mass is 9.90. The van der Waals surface area contributed by atoms with Crippen molar-refractivity contribution in [2.45, 2.75) is 50.9 Å². The molecule has 1 N–H and O–H groups in total. The third kappa shape index (κ3) is 3.63. The van der Waals surface area contributed by atoms with Crippen LogP contribution in [-0.2, 0) is 4.79 Å². The zero-order valence-corrected chi connectivity index (χ0v) is 14.8. The van der Waals surface area contributed by atoms with Gasteiger partial charge >= 0.3 is 0 Å². The summed E-state index contributed by atoms with van der Waals surface area (Å²) in [5.41, 5.74) is 3.56. The molecule has 0 bridgehead atoms. The van der Waals surface area contributed by atoms with Gasteiger partial charge in [-0.1, -0.05) is 43.2 Å². The van der Waals surface area contributed by atoms with E-state index in [2.05, 4.69) is 39.4 Å². The Morgan fingerprint density at radius 1 is 1.12 bits per heavy atom. The monoisotopic (exact) mass is 337 g/mol.